The molecule has 1 atom stereocenters. The zero-order valence-electron chi connectivity index (χ0n) is 16.0. The molecule has 2 aromatic heterocycles. The number of carbonyl (C=O) groups is 1. The highest BCUT2D eigenvalue weighted by atomic mass is 19.1. The van der Waals surface area contributed by atoms with E-state index in [-0.39, 0.29) is 22.8 Å². The summed E-state index contributed by atoms with van der Waals surface area (Å²) in [4.78, 5) is 42.4. The van der Waals surface area contributed by atoms with Crippen LogP contribution >= 0.6 is 0 Å². The van der Waals surface area contributed by atoms with Gasteiger partial charge in [0.05, 0.1) is 24.3 Å². The molecule has 152 valence electrons. The average molecular weight is 407 g/mol. The minimum Gasteiger partial charge on any atom is -0.376 e. The summed E-state index contributed by atoms with van der Waals surface area (Å²) in [5.74, 6) is -0.504. The first-order valence-electron chi connectivity index (χ1n) is 9.58. The van der Waals surface area contributed by atoms with Crippen molar-refractivity contribution in [2.24, 2.45) is 0 Å². The predicted octanol–water partition coefficient (Wildman–Crippen LogP) is 1.68. The van der Waals surface area contributed by atoms with Crippen LogP contribution in [-0.2, 0) is 16.8 Å². The summed E-state index contributed by atoms with van der Waals surface area (Å²) in [5.41, 5.74) is 1.60. The van der Waals surface area contributed by atoms with Crippen LogP contribution in [0.1, 0.15) is 28.2 Å². The van der Waals surface area contributed by atoms with Crippen molar-refractivity contribution in [1.82, 2.24) is 24.8 Å². The van der Waals surface area contributed by atoms with Crippen molar-refractivity contribution < 1.29 is 13.9 Å². The number of fused-ring (bicyclic) bond motifs is 2. The zero-order chi connectivity index (χ0) is 20.7. The number of benzene rings is 1. The van der Waals surface area contributed by atoms with Crippen LogP contribution in [0.25, 0.3) is 11.4 Å². The molecule has 8 nitrogen and oxygen atoms in total. The maximum Gasteiger partial charge on any atom is 0.272 e. The quantitative estimate of drug-likeness (QED) is 0.694. The molecule has 1 saturated heterocycles. The third kappa shape index (κ3) is 3.17. The van der Waals surface area contributed by atoms with E-state index in [9.17, 15) is 14.0 Å². The van der Waals surface area contributed by atoms with Gasteiger partial charge in [-0.15, -0.1) is 0 Å². The van der Waals surface area contributed by atoms with E-state index in [2.05, 4.69) is 19.9 Å². The summed E-state index contributed by atoms with van der Waals surface area (Å²) in [6.07, 6.45) is 3.97. The molecular weight excluding hydrogens is 389 g/mol. The van der Waals surface area contributed by atoms with Crippen molar-refractivity contribution >= 4 is 5.91 Å². The summed E-state index contributed by atoms with van der Waals surface area (Å²) in [5, 5.41) is 0. The fourth-order valence-corrected chi connectivity index (χ4v) is 4.20. The van der Waals surface area contributed by atoms with E-state index in [0.717, 1.165) is 11.3 Å². The second kappa shape index (κ2) is 7.10. The molecule has 1 spiro atoms. The van der Waals surface area contributed by atoms with Crippen molar-refractivity contribution in [2.45, 2.75) is 18.4 Å². The van der Waals surface area contributed by atoms with E-state index in [0.29, 0.717) is 38.3 Å². The maximum absolute atomic E-state index is 13.2. The van der Waals surface area contributed by atoms with Gasteiger partial charge in [0.2, 0.25) is 0 Å². The van der Waals surface area contributed by atoms with Crippen LogP contribution < -0.4 is 5.56 Å². The van der Waals surface area contributed by atoms with E-state index in [1.165, 1.54) is 36.7 Å². The largest absolute Gasteiger partial charge is 0.376 e. The molecule has 0 unspecified atom stereocenters. The van der Waals surface area contributed by atoms with Crippen LogP contribution in [0.2, 0.25) is 0 Å². The fraction of sp³-hybridized carbons (Fsp3) is 0.286. The van der Waals surface area contributed by atoms with E-state index < -0.39 is 11.4 Å². The van der Waals surface area contributed by atoms with Gasteiger partial charge < -0.3 is 14.6 Å². The van der Waals surface area contributed by atoms with Crippen LogP contribution in [0.5, 0.6) is 0 Å². The van der Waals surface area contributed by atoms with Gasteiger partial charge in [-0.2, -0.15) is 0 Å². The Bertz CT molecular complexity index is 1180. The summed E-state index contributed by atoms with van der Waals surface area (Å²) in [6, 6.07) is 6.74. The lowest BCUT2D eigenvalue weighted by atomic mass is 9.81. The third-order valence-electron chi connectivity index (χ3n) is 5.65. The Labute approximate surface area is 170 Å². The molecule has 1 N–H and O–H groups in total. The molecule has 1 fully saturated rings. The van der Waals surface area contributed by atoms with Crippen molar-refractivity contribution in [1.29, 1.82) is 0 Å². The van der Waals surface area contributed by atoms with E-state index in [1.807, 2.05) is 0 Å². The number of hydrogen-bond donors (Lipinski definition) is 1. The number of halogens is 1. The molecule has 2 aliphatic rings. The number of nitrogens with one attached hydrogen (secondary N) is 1. The number of aromatic nitrogens is 4. The average Bonchev–Trinajstić information content (AvgIpc) is 3.18. The Morgan fingerprint density at radius 1 is 1.27 bits per heavy atom. The molecule has 0 bridgehead atoms. The summed E-state index contributed by atoms with van der Waals surface area (Å²) >= 11 is 0. The Morgan fingerprint density at radius 2 is 2.10 bits per heavy atom. The molecule has 0 radical (unpaired) electrons. The number of hydrogen-bond acceptors (Lipinski definition) is 6. The Kier molecular flexibility index (Phi) is 4.39. The lowest BCUT2D eigenvalue weighted by Crippen LogP contribution is -2.41. The first-order valence-corrected chi connectivity index (χ1v) is 9.58. The van der Waals surface area contributed by atoms with Crippen molar-refractivity contribution in [3.63, 3.8) is 0 Å². The van der Waals surface area contributed by atoms with Gasteiger partial charge in [-0.1, -0.05) is 0 Å². The first kappa shape index (κ1) is 18.6. The molecule has 4 heterocycles. The van der Waals surface area contributed by atoms with Crippen LogP contribution in [0, 0.1) is 5.82 Å². The Hall–Kier alpha value is -3.46. The number of carbonyl (C=O) groups excluding carboxylic acids is 1. The van der Waals surface area contributed by atoms with Gasteiger partial charge in [0.25, 0.3) is 11.5 Å². The van der Waals surface area contributed by atoms with Gasteiger partial charge in [-0.05, 0) is 30.7 Å². The topological polar surface area (TPSA) is 101 Å². The van der Waals surface area contributed by atoms with Gasteiger partial charge in [-0.25, -0.2) is 19.3 Å². The fourth-order valence-electron chi connectivity index (χ4n) is 4.20. The number of amides is 1. The molecule has 5 rings (SSSR count). The second-order valence-corrected chi connectivity index (χ2v) is 7.63. The molecule has 30 heavy (non-hydrogen) atoms. The highest BCUT2D eigenvalue weighted by Gasteiger charge is 2.46. The van der Waals surface area contributed by atoms with E-state index in [4.69, 9.17) is 4.74 Å². The minimum atomic E-state index is -0.444. The normalized spacial score (nSPS) is 20.4. The number of aromatic amines is 1. The van der Waals surface area contributed by atoms with Crippen molar-refractivity contribution in [2.75, 3.05) is 19.7 Å². The highest BCUT2D eigenvalue weighted by Crippen LogP contribution is 2.38. The second-order valence-electron chi connectivity index (χ2n) is 7.63. The van der Waals surface area contributed by atoms with Gasteiger partial charge in [0.15, 0.2) is 0 Å². The van der Waals surface area contributed by atoms with E-state index in [1.54, 1.807) is 11.1 Å². The first-order chi connectivity index (χ1) is 14.5. The third-order valence-corrected chi connectivity index (χ3v) is 5.65. The van der Waals surface area contributed by atoms with Crippen LogP contribution in [0.3, 0.4) is 0 Å². The summed E-state index contributed by atoms with van der Waals surface area (Å²) in [6.45, 7) is 1.87. The van der Waals surface area contributed by atoms with Crippen molar-refractivity contribution in [3.05, 3.63) is 76.0 Å². The van der Waals surface area contributed by atoms with Gasteiger partial charge in [-0.3, -0.25) is 9.59 Å². The standard InChI is InChI=1S/C21H18FN5O3/c22-15-3-1-13(2-4-15)19-25-16(7-17(28)26-19)20(29)27-6-5-21(10-27)11-30-9-14-8-23-12-24-18(14)21/h1-4,7-8,12H,5-6,9-11H2,(H,25,26,28)/t21-/m0/s1. The molecule has 3 aromatic rings. The number of ether oxygens (including phenoxy) is 1. The predicted molar refractivity (Wildman–Crippen MR) is 104 cm³/mol. The number of nitrogens with zero attached hydrogens (tertiary/aromatic N) is 4. The lowest BCUT2D eigenvalue weighted by molar-refractivity contribution is 0.0483. The SMILES string of the molecule is O=C(c1cc(=O)[nH]c(-c2ccc(F)cc2)n1)N1CC[C@@]2(COCc3cncnc32)C1. The van der Waals surface area contributed by atoms with Gasteiger partial charge >= 0.3 is 0 Å². The van der Waals surface area contributed by atoms with E-state index >= 15 is 0 Å². The number of rotatable bonds is 2. The summed E-state index contributed by atoms with van der Waals surface area (Å²) in [7, 11) is 0. The smallest absolute Gasteiger partial charge is 0.272 e. The molecule has 0 saturated carbocycles. The molecular formula is C21H18FN5O3. The molecule has 9 heteroatoms. The number of H-pyrrole nitrogens is 1. The summed E-state index contributed by atoms with van der Waals surface area (Å²) < 4.78 is 19.0. The minimum absolute atomic E-state index is 0.0507. The number of likely N-dealkylation sites (tertiary alicyclic amines) is 1. The van der Waals surface area contributed by atoms with Gasteiger partial charge in [0.1, 0.15) is 23.7 Å². The van der Waals surface area contributed by atoms with Crippen LogP contribution in [0.15, 0.2) is 47.7 Å². The zero-order valence-corrected chi connectivity index (χ0v) is 16.0. The van der Waals surface area contributed by atoms with Crippen LogP contribution in [0.4, 0.5) is 4.39 Å². The van der Waals surface area contributed by atoms with Gasteiger partial charge in [0, 0.05) is 36.5 Å². The monoisotopic (exact) mass is 407 g/mol. The molecule has 1 aromatic carbocycles. The Morgan fingerprint density at radius 3 is 2.93 bits per heavy atom. The molecule has 0 aliphatic carbocycles. The molecule has 1 amide bonds. The molecule has 2 aliphatic heterocycles. The highest BCUT2D eigenvalue weighted by molar-refractivity contribution is 5.93. The lowest BCUT2D eigenvalue weighted by Gasteiger charge is -2.33. The Balaban J connectivity index is 1.44. The van der Waals surface area contributed by atoms with Crippen molar-refractivity contribution in [3.8, 4) is 11.4 Å². The van der Waals surface area contributed by atoms with Crippen LogP contribution in [-0.4, -0.2) is 50.4 Å². The maximum atomic E-state index is 13.2.